The van der Waals surface area contributed by atoms with Crippen LogP contribution in [0, 0.1) is 11.3 Å². The van der Waals surface area contributed by atoms with Crippen LogP contribution in [0.3, 0.4) is 0 Å². The van der Waals surface area contributed by atoms with E-state index in [9.17, 15) is 4.79 Å². The third kappa shape index (κ3) is 4.70. The maximum atomic E-state index is 11.9. The van der Waals surface area contributed by atoms with Crippen molar-refractivity contribution in [1.29, 1.82) is 0 Å². The van der Waals surface area contributed by atoms with E-state index in [2.05, 4.69) is 4.98 Å². The highest BCUT2D eigenvalue weighted by Gasteiger charge is 2.28. The third-order valence-electron chi connectivity index (χ3n) is 3.77. The van der Waals surface area contributed by atoms with Crippen LogP contribution in [-0.4, -0.2) is 29.1 Å². The summed E-state index contributed by atoms with van der Waals surface area (Å²) in [6.45, 7) is 7.21. The highest BCUT2D eigenvalue weighted by molar-refractivity contribution is 5.75. The Morgan fingerprint density at radius 1 is 1.38 bits per heavy atom. The summed E-state index contributed by atoms with van der Waals surface area (Å²) < 4.78 is 0. The number of nitrogens with two attached hydrogens (primary N) is 1. The van der Waals surface area contributed by atoms with Crippen molar-refractivity contribution in [2.75, 3.05) is 18.8 Å². The Hall–Kier alpha value is -1.62. The molecule has 0 bridgehead atoms. The molecular weight excluding hydrogens is 266 g/mol. The molecule has 1 fully saturated rings. The lowest BCUT2D eigenvalue weighted by Gasteiger charge is -2.32. The van der Waals surface area contributed by atoms with E-state index < -0.39 is 5.41 Å². The molecule has 0 unspecified atom stereocenters. The molecule has 0 saturated carbocycles. The van der Waals surface area contributed by atoms with Crippen LogP contribution >= 0.6 is 0 Å². The summed E-state index contributed by atoms with van der Waals surface area (Å²) in [5.41, 5.74) is 6.36. The number of hydroxylamine groups is 2. The minimum absolute atomic E-state index is 0.163. The second-order valence-corrected chi connectivity index (χ2v) is 6.80. The lowest BCUT2D eigenvalue weighted by atomic mass is 9.91. The zero-order valence-electron chi connectivity index (χ0n) is 13.1. The van der Waals surface area contributed by atoms with Crippen molar-refractivity contribution >= 4 is 11.8 Å². The summed E-state index contributed by atoms with van der Waals surface area (Å²) in [4.78, 5) is 21.4. The number of carbonyl (C=O) groups is 1. The Morgan fingerprint density at radius 3 is 2.57 bits per heavy atom. The number of nitrogens with zero attached hydrogens (tertiary/aromatic N) is 2. The van der Waals surface area contributed by atoms with E-state index >= 15 is 0 Å². The molecule has 5 nitrogen and oxygen atoms in total. The van der Waals surface area contributed by atoms with Crippen LogP contribution in [0.4, 0.5) is 5.82 Å². The Morgan fingerprint density at radius 2 is 2.05 bits per heavy atom. The summed E-state index contributed by atoms with van der Waals surface area (Å²) in [5.74, 6) is 1.01. The fraction of sp³-hybridized carbons (Fsp3) is 0.625. The quantitative estimate of drug-likeness (QED) is 0.926. The molecule has 1 aromatic heterocycles. The second kappa shape index (κ2) is 6.43. The zero-order chi connectivity index (χ0) is 15.5. The van der Waals surface area contributed by atoms with Crippen molar-refractivity contribution in [2.45, 2.75) is 40.0 Å². The molecule has 116 valence electrons. The standard InChI is InChI=1S/C16H25N3O2/c1-16(2,3)15(20)21-19-8-6-12(7-9-19)10-13-4-5-14(17)18-11-13/h4-5,11-12H,6-10H2,1-3H3,(H2,17,18). The summed E-state index contributed by atoms with van der Waals surface area (Å²) >= 11 is 0. The summed E-state index contributed by atoms with van der Waals surface area (Å²) in [5, 5.41) is 1.80. The maximum Gasteiger partial charge on any atom is 0.330 e. The molecule has 0 aromatic carbocycles. The topological polar surface area (TPSA) is 68.5 Å². The minimum atomic E-state index is -0.452. The van der Waals surface area contributed by atoms with Gasteiger partial charge in [0.1, 0.15) is 5.82 Å². The number of hydrogen-bond donors (Lipinski definition) is 1. The summed E-state index contributed by atoms with van der Waals surface area (Å²) in [6.07, 6.45) is 4.92. The van der Waals surface area contributed by atoms with Crippen LogP contribution in [-0.2, 0) is 16.1 Å². The lowest BCUT2D eigenvalue weighted by molar-refractivity contribution is -0.206. The first-order valence-corrected chi connectivity index (χ1v) is 7.52. The average molecular weight is 291 g/mol. The number of hydrogen-bond acceptors (Lipinski definition) is 5. The third-order valence-corrected chi connectivity index (χ3v) is 3.77. The van der Waals surface area contributed by atoms with Crippen molar-refractivity contribution in [3.05, 3.63) is 23.9 Å². The molecule has 1 aromatic rings. The molecule has 0 spiro atoms. The van der Waals surface area contributed by atoms with Gasteiger partial charge >= 0.3 is 5.97 Å². The van der Waals surface area contributed by atoms with E-state index in [4.69, 9.17) is 10.6 Å². The van der Waals surface area contributed by atoms with Crippen LogP contribution in [0.15, 0.2) is 18.3 Å². The molecule has 2 N–H and O–H groups in total. The molecular formula is C16H25N3O2. The molecule has 0 aliphatic carbocycles. The van der Waals surface area contributed by atoms with Crippen molar-refractivity contribution in [2.24, 2.45) is 11.3 Å². The molecule has 2 heterocycles. The molecule has 0 amide bonds. The van der Waals surface area contributed by atoms with Gasteiger partial charge in [-0.05, 0) is 57.6 Å². The number of nitrogen functional groups attached to an aromatic ring is 1. The predicted octanol–water partition coefficient (Wildman–Crippen LogP) is 2.42. The molecule has 0 atom stereocenters. The largest absolute Gasteiger partial charge is 0.384 e. The Labute approximate surface area is 126 Å². The molecule has 5 heteroatoms. The van der Waals surface area contributed by atoms with Gasteiger partial charge in [-0.2, -0.15) is 0 Å². The van der Waals surface area contributed by atoms with Gasteiger partial charge in [0.05, 0.1) is 5.41 Å². The Kier molecular flexibility index (Phi) is 4.83. The van der Waals surface area contributed by atoms with E-state index in [1.165, 1.54) is 5.56 Å². The number of pyridine rings is 1. The molecule has 2 rings (SSSR count). The van der Waals surface area contributed by atoms with Gasteiger partial charge in [0, 0.05) is 19.3 Å². The Bertz CT molecular complexity index is 471. The van der Waals surface area contributed by atoms with E-state index in [1.807, 2.05) is 39.1 Å². The van der Waals surface area contributed by atoms with E-state index in [0.717, 1.165) is 32.4 Å². The Balaban J connectivity index is 1.78. The van der Waals surface area contributed by atoms with Crippen molar-refractivity contribution in [3.8, 4) is 0 Å². The fourth-order valence-corrected chi connectivity index (χ4v) is 2.35. The maximum absolute atomic E-state index is 11.9. The van der Waals surface area contributed by atoms with E-state index in [0.29, 0.717) is 11.7 Å². The van der Waals surface area contributed by atoms with Crippen molar-refractivity contribution < 1.29 is 9.63 Å². The van der Waals surface area contributed by atoms with Crippen molar-refractivity contribution in [3.63, 3.8) is 0 Å². The first-order valence-electron chi connectivity index (χ1n) is 7.52. The van der Waals surface area contributed by atoms with Crippen LogP contribution in [0.25, 0.3) is 0 Å². The monoisotopic (exact) mass is 291 g/mol. The second-order valence-electron chi connectivity index (χ2n) is 6.80. The normalized spacial score (nSPS) is 17.7. The molecule has 0 radical (unpaired) electrons. The average Bonchev–Trinajstić information content (AvgIpc) is 2.42. The van der Waals surface area contributed by atoms with Gasteiger partial charge < -0.3 is 10.6 Å². The van der Waals surface area contributed by atoms with Gasteiger partial charge in [-0.1, -0.05) is 6.07 Å². The molecule has 21 heavy (non-hydrogen) atoms. The van der Waals surface area contributed by atoms with E-state index in [1.54, 1.807) is 5.06 Å². The zero-order valence-corrected chi connectivity index (χ0v) is 13.1. The van der Waals surface area contributed by atoms with Crippen LogP contribution < -0.4 is 5.73 Å². The number of aromatic nitrogens is 1. The smallest absolute Gasteiger partial charge is 0.330 e. The van der Waals surface area contributed by atoms with Gasteiger partial charge in [0.2, 0.25) is 0 Å². The predicted molar refractivity (Wildman–Crippen MR) is 82.2 cm³/mol. The first-order chi connectivity index (χ1) is 9.84. The number of anilines is 1. The number of rotatable bonds is 3. The number of carbonyl (C=O) groups excluding carboxylic acids is 1. The van der Waals surface area contributed by atoms with Crippen molar-refractivity contribution in [1.82, 2.24) is 10.0 Å². The molecule has 1 saturated heterocycles. The highest BCUT2D eigenvalue weighted by Crippen LogP contribution is 2.23. The SMILES string of the molecule is CC(C)(C)C(=O)ON1CCC(Cc2ccc(N)nc2)CC1. The first kappa shape index (κ1) is 15.8. The van der Waals surface area contributed by atoms with Gasteiger partial charge in [-0.25, -0.2) is 9.78 Å². The highest BCUT2D eigenvalue weighted by atomic mass is 16.7. The summed E-state index contributed by atoms with van der Waals surface area (Å²) in [7, 11) is 0. The van der Waals surface area contributed by atoms with Gasteiger partial charge in [0.25, 0.3) is 0 Å². The van der Waals surface area contributed by atoms with Gasteiger partial charge in [-0.15, -0.1) is 5.06 Å². The van der Waals surface area contributed by atoms with Crippen LogP contribution in [0.5, 0.6) is 0 Å². The summed E-state index contributed by atoms with van der Waals surface area (Å²) in [6, 6.07) is 3.88. The lowest BCUT2D eigenvalue weighted by Crippen LogP contribution is -2.39. The van der Waals surface area contributed by atoms with E-state index in [-0.39, 0.29) is 5.97 Å². The van der Waals surface area contributed by atoms with Gasteiger partial charge in [0.15, 0.2) is 0 Å². The van der Waals surface area contributed by atoms with Gasteiger partial charge in [-0.3, -0.25) is 0 Å². The van der Waals surface area contributed by atoms with Crippen LogP contribution in [0.1, 0.15) is 39.2 Å². The fourth-order valence-electron chi connectivity index (χ4n) is 2.35. The minimum Gasteiger partial charge on any atom is -0.384 e. The molecule has 1 aliphatic rings. The molecule has 1 aliphatic heterocycles. The van der Waals surface area contributed by atoms with Crippen LogP contribution in [0.2, 0.25) is 0 Å². The number of piperidine rings is 1.